The summed E-state index contributed by atoms with van der Waals surface area (Å²) in [6.45, 7) is 0. The van der Waals surface area contributed by atoms with Crippen LogP contribution in [-0.2, 0) is 0 Å². The van der Waals surface area contributed by atoms with Gasteiger partial charge in [0.2, 0.25) is 0 Å². The van der Waals surface area contributed by atoms with Gasteiger partial charge in [0, 0.05) is 5.56 Å². The number of nitrogens with two attached hydrogens (primary N) is 1. The minimum Gasteiger partial charge on any atom is -0.497 e. The van der Waals surface area contributed by atoms with Gasteiger partial charge < -0.3 is 20.3 Å². The van der Waals surface area contributed by atoms with Gasteiger partial charge in [-0.15, -0.1) is 0 Å². The van der Waals surface area contributed by atoms with E-state index < -0.39 is 12.1 Å². The van der Waals surface area contributed by atoms with Crippen LogP contribution in [0.3, 0.4) is 0 Å². The third-order valence-electron chi connectivity index (χ3n) is 3.80. The zero-order valence-corrected chi connectivity index (χ0v) is 10.9. The van der Waals surface area contributed by atoms with Crippen molar-refractivity contribution in [3.63, 3.8) is 0 Å². The van der Waals surface area contributed by atoms with E-state index in [1.165, 1.54) is 6.42 Å². The molecule has 0 aliphatic heterocycles. The Labute approximate surface area is 108 Å². The molecule has 1 fully saturated rings. The van der Waals surface area contributed by atoms with Gasteiger partial charge in [-0.2, -0.15) is 0 Å². The average Bonchev–Trinajstić information content (AvgIpc) is 2.34. The molecular weight excluding hydrogens is 230 g/mol. The van der Waals surface area contributed by atoms with E-state index in [1.54, 1.807) is 14.2 Å². The number of methoxy groups -OCH3 is 2. The van der Waals surface area contributed by atoms with Crippen LogP contribution >= 0.6 is 0 Å². The Morgan fingerprint density at radius 2 is 2.00 bits per heavy atom. The molecule has 4 heteroatoms. The minimum atomic E-state index is -0.514. The third-order valence-corrected chi connectivity index (χ3v) is 3.80. The van der Waals surface area contributed by atoms with E-state index >= 15 is 0 Å². The number of hydrogen-bond donors (Lipinski definition) is 2. The highest BCUT2D eigenvalue weighted by atomic mass is 16.5. The van der Waals surface area contributed by atoms with Crippen molar-refractivity contribution in [1.82, 2.24) is 0 Å². The maximum atomic E-state index is 10.3. The smallest absolute Gasteiger partial charge is 0.123 e. The van der Waals surface area contributed by atoms with E-state index in [0.29, 0.717) is 11.7 Å². The van der Waals surface area contributed by atoms with Gasteiger partial charge in [0.05, 0.1) is 26.4 Å². The maximum absolute atomic E-state index is 10.3. The molecule has 0 spiro atoms. The van der Waals surface area contributed by atoms with Gasteiger partial charge in [-0.05, 0) is 37.0 Å². The number of aliphatic hydroxyl groups is 1. The zero-order chi connectivity index (χ0) is 13.1. The highest BCUT2D eigenvalue weighted by Gasteiger charge is 2.32. The van der Waals surface area contributed by atoms with Crippen molar-refractivity contribution in [2.75, 3.05) is 14.2 Å². The van der Waals surface area contributed by atoms with Crippen molar-refractivity contribution in [3.8, 4) is 11.5 Å². The van der Waals surface area contributed by atoms with Crippen LogP contribution in [0.25, 0.3) is 0 Å². The van der Waals surface area contributed by atoms with Gasteiger partial charge in [-0.25, -0.2) is 0 Å². The Hall–Kier alpha value is -1.26. The molecular formula is C14H21NO3. The fraction of sp³-hybridized carbons (Fsp3) is 0.571. The monoisotopic (exact) mass is 251 g/mol. The quantitative estimate of drug-likeness (QED) is 0.838. The van der Waals surface area contributed by atoms with E-state index in [-0.39, 0.29) is 0 Å². The van der Waals surface area contributed by atoms with Gasteiger partial charge in [0.25, 0.3) is 0 Å². The molecule has 3 N–H and O–H groups in total. The molecule has 0 unspecified atom stereocenters. The summed E-state index contributed by atoms with van der Waals surface area (Å²) in [5.74, 6) is 1.74. The summed E-state index contributed by atoms with van der Waals surface area (Å²) < 4.78 is 10.5. The zero-order valence-electron chi connectivity index (χ0n) is 10.9. The van der Waals surface area contributed by atoms with E-state index in [4.69, 9.17) is 15.2 Å². The fourth-order valence-corrected chi connectivity index (χ4v) is 2.36. The molecule has 0 amide bonds. The second kappa shape index (κ2) is 5.59. The van der Waals surface area contributed by atoms with Crippen LogP contribution in [0.1, 0.15) is 30.9 Å². The number of rotatable bonds is 5. The number of hydrogen-bond acceptors (Lipinski definition) is 4. The topological polar surface area (TPSA) is 64.7 Å². The molecule has 1 aliphatic carbocycles. The molecule has 0 saturated heterocycles. The molecule has 0 aromatic heterocycles. The standard InChI is InChI=1S/C14H21NO3/c1-17-10-6-7-12(18-2)11(8-10)13(15)14(16)9-4-3-5-9/h6-9,13-14,16H,3-5,15H2,1-2H3/t13-,14+/m0/s1. The maximum Gasteiger partial charge on any atom is 0.123 e. The lowest BCUT2D eigenvalue weighted by molar-refractivity contribution is 0.0407. The van der Waals surface area contributed by atoms with Crippen LogP contribution in [0.5, 0.6) is 11.5 Å². The van der Waals surface area contributed by atoms with Crippen LogP contribution in [0, 0.1) is 5.92 Å². The van der Waals surface area contributed by atoms with Crippen LogP contribution in [0.15, 0.2) is 18.2 Å². The Bertz CT molecular complexity index is 404. The fourth-order valence-electron chi connectivity index (χ4n) is 2.36. The van der Waals surface area contributed by atoms with Gasteiger partial charge in [-0.1, -0.05) is 6.42 Å². The molecule has 0 radical (unpaired) electrons. The van der Waals surface area contributed by atoms with Crippen molar-refractivity contribution in [3.05, 3.63) is 23.8 Å². The average molecular weight is 251 g/mol. The number of benzene rings is 1. The third kappa shape index (κ3) is 2.44. The molecule has 0 bridgehead atoms. The summed E-state index contributed by atoms with van der Waals surface area (Å²) in [5, 5.41) is 10.3. The van der Waals surface area contributed by atoms with Crippen molar-refractivity contribution >= 4 is 0 Å². The molecule has 1 saturated carbocycles. The Kier molecular flexibility index (Phi) is 4.09. The van der Waals surface area contributed by atoms with Gasteiger partial charge >= 0.3 is 0 Å². The highest BCUT2D eigenvalue weighted by molar-refractivity contribution is 5.42. The summed E-state index contributed by atoms with van der Waals surface area (Å²) in [7, 11) is 3.22. The molecule has 2 atom stereocenters. The predicted octanol–water partition coefficient (Wildman–Crippen LogP) is 1.86. The second-order valence-electron chi connectivity index (χ2n) is 4.82. The minimum absolute atomic E-state index is 0.316. The summed E-state index contributed by atoms with van der Waals surface area (Å²) in [6, 6.07) is 5.05. The van der Waals surface area contributed by atoms with Crippen LogP contribution in [0.4, 0.5) is 0 Å². The molecule has 2 rings (SSSR count). The van der Waals surface area contributed by atoms with Gasteiger partial charge in [-0.3, -0.25) is 0 Å². The number of aliphatic hydroxyl groups excluding tert-OH is 1. The first-order valence-corrected chi connectivity index (χ1v) is 6.33. The second-order valence-corrected chi connectivity index (χ2v) is 4.82. The van der Waals surface area contributed by atoms with Crippen LogP contribution < -0.4 is 15.2 Å². The first-order chi connectivity index (χ1) is 8.67. The van der Waals surface area contributed by atoms with Crippen LogP contribution in [0.2, 0.25) is 0 Å². The lowest BCUT2D eigenvalue weighted by Crippen LogP contribution is -2.36. The molecule has 100 valence electrons. The summed E-state index contributed by atoms with van der Waals surface area (Å²) in [6.07, 6.45) is 2.78. The van der Waals surface area contributed by atoms with Gasteiger partial charge in [0.1, 0.15) is 11.5 Å². The Morgan fingerprint density at radius 3 is 2.50 bits per heavy atom. The van der Waals surface area contributed by atoms with Crippen molar-refractivity contribution in [2.45, 2.75) is 31.4 Å². The predicted molar refractivity (Wildman–Crippen MR) is 69.8 cm³/mol. The first-order valence-electron chi connectivity index (χ1n) is 6.33. The molecule has 1 aliphatic rings. The number of ether oxygens (including phenoxy) is 2. The lowest BCUT2D eigenvalue weighted by Gasteiger charge is -2.34. The summed E-state index contributed by atoms with van der Waals surface area (Å²) >= 11 is 0. The summed E-state index contributed by atoms with van der Waals surface area (Å²) in [4.78, 5) is 0. The lowest BCUT2D eigenvalue weighted by atomic mass is 9.77. The van der Waals surface area contributed by atoms with E-state index in [9.17, 15) is 5.11 Å². The van der Waals surface area contributed by atoms with Crippen LogP contribution in [-0.4, -0.2) is 25.4 Å². The Morgan fingerprint density at radius 1 is 1.28 bits per heavy atom. The van der Waals surface area contributed by atoms with Crippen molar-refractivity contribution < 1.29 is 14.6 Å². The van der Waals surface area contributed by atoms with Crippen molar-refractivity contribution in [1.29, 1.82) is 0 Å². The largest absolute Gasteiger partial charge is 0.497 e. The van der Waals surface area contributed by atoms with E-state index in [0.717, 1.165) is 24.2 Å². The normalized spacial score (nSPS) is 18.9. The van der Waals surface area contributed by atoms with Crippen molar-refractivity contribution in [2.24, 2.45) is 11.7 Å². The molecule has 1 aromatic rings. The first kappa shape index (κ1) is 13.2. The summed E-state index contributed by atoms with van der Waals surface area (Å²) in [5.41, 5.74) is 6.97. The molecule has 4 nitrogen and oxygen atoms in total. The Balaban J connectivity index is 2.23. The van der Waals surface area contributed by atoms with Gasteiger partial charge in [0.15, 0.2) is 0 Å². The SMILES string of the molecule is COc1ccc(OC)c([C@H](N)[C@H](O)C2CCC2)c1. The highest BCUT2D eigenvalue weighted by Crippen LogP contribution is 2.37. The molecule has 0 heterocycles. The molecule has 1 aromatic carbocycles. The van der Waals surface area contributed by atoms with E-state index in [2.05, 4.69) is 0 Å². The molecule has 18 heavy (non-hydrogen) atoms. The van der Waals surface area contributed by atoms with E-state index in [1.807, 2.05) is 18.2 Å².